The van der Waals surface area contributed by atoms with Crippen molar-refractivity contribution in [2.45, 2.75) is 132 Å². The van der Waals surface area contributed by atoms with Gasteiger partial charge in [-0.1, -0.05) is 112 Å². The molecule has 0 saturated carbocycles. The van der Waals surface area contributed by atoms with Crippen LogP contribution in [0.15, 0.2) is 54.6 Å². The van der Waals surface area contributed by atoms with Crippen LogP contribution < -0.4 is 0 Å². The Kier molecular flexibility index (Phi) is 15.9. The first-order valence-corrected chi connectivity index (χ1v) is 21.0. The van der Waals surface area contributed by atoms with Gasteiger partial charge in [0.1, 0.15) is 30.5 Å². The first-order valence-electron chi connectivity index (χ1n) is 21.0. The average Bonchev–Trinajstić information content (AvgIpc) is 3.17. The number of phenols is 3. The number of esters is 2. The summed E-state index contributed by atoms with van der Waals surface area (Å²) in [5.41, 5.74) is 3.20. The first kappa shape index (κ1) is 48.5. The van der Waals surface area contributed by atoms with Crippen LogP contribution in [0.3, 0.4) is 0 Å². The number of hydrogen-bond donors (Lipinski definition) is 3. The van der Waals surface area contributed by atoms with Crippen LogP contribution in [0.5, 0.6) is 17.2 Å². The lowest BCUT2D eigenvalue weighted by atomic mass is 9.83. The highest BCUT2D eigenvalue weighted by Gasteiger charge is 2.48. The quantitative estimate of drug-likeness (QED) is 0.150. The van der Waals surface area contributed by atoms with Crippen molar-refractivity contribution in [3.8, 4) is 17.2 Å². The largest absolute Gasteiger partial charge is 0.508 e. The maximum Gasteiger partial charge on any atom is 0.306 e. The summed E-state index contributed by atoms with van der Waals surface area (Å²) in [5, 5.41) is 29.7. The van der Waals surface area contributed by atoms with Crippen molar-refractivity contribution in [2.75, 3.05) is 39.6 Å². The summed E-state index contributed by atoms with van der Waals surface area (Å²) in [6.07, 6.45) is 0.332. The fraction of sp³-hybridized carbons (Fsp3) is 0.592. The monoisotopic (exact) mass is 834 g/mol. The van der Waals surface area contributed by atoms with E-state index < -0.39 is 28.8 Å². The van der Waals surface area contributed by atoms with Gasteiger partial charge in [-0.15, -0.1) is 0 Å². The third-order valence-electron chi connectivity index (χ3n) is 11.0. The Morgan fingerprint density at radius 3 is 1.25 bits per heavy atom. The second-order valence-corrected chi connectivity index (χ2v) is 20.2. The molecule has 60 heavy (non-hydrogen) atoms. The van der Waals surface area contributed by atoms with Gasteiger partial charge in [-0.25, -0.2) is 0 Å². The smallest absolute Gasteiger partial charge is 0.306 e. The number of aromatic hydroxyl groups is 3. The highest BCUT2D eigenvalue weighted by molar-refractivity contribution is 5.70. The zero-order chi connectivity index (χ0) is 44.7. The molecular weight excluding hydrogens is 765 g/mol. The summed E-state index contributed by atoms with van der Waals surface area (Å²) in [7, 11) is 0. The standard InChI is InChI=1S/C43H64O10.C6H6O/c1-27-17-29(19-31(35(27)46)39(3,4)5)13-15-33(44)48-21-41(9,10)37-50-23-43(24-51-37)25-52-38(53-26-43)42(11,12)22-49-34(45)16-14-30-18-28(2)36(47)32(20-30)40(6,7)8;7-6-4-2-1-3-5-6/h17-20,37-38,46-47H,13-16,21-26H2,1-12H3;1-5,7H. The van der Waals surface area contributed by atoms with Crippen LogP contribution in [0.2, 0.25) is 0 Å². The molecule has 2 saturated heterocycles. The SMILES string of the molecule is Cc1cc(CCC(=O)OCC(C)(C)C2OCC3(CO2)COC(C(C)(C)COC(=O)CCc2cc(C)c(O)c(C(C)(C)C)c2)OC3)cc(C(C)(C)C)c1O.Oc1ccccc1. The van der Waals surface area contributed by atoms with E-state index in [2.05, 4.69) is 41.5 Å². The zero-order valence-corrected chi connectivity index (χ0v) is 38.0. The van der Waals surface area contributed by atoms with Crippen LogP contribution in [-0.4, -0.2) is 79.5 Å². The minimum atomic E-state index is -0.591. The Hall–Kier alpha value is -4.16. The van der Waals surface area contributed by atoms with Crippen LogP contribution in [0.25, 0.3) is 0 Å². The number of para-hydroxylation sites is 1. The highest BCUT2D eigenvalue weighted by Crippen LogP contribution is 2.40. The van der Waals surface area contributed by atoms with Crippen LogP contribution in [0.4, 0.5) is 0 Å². The number of carbonyl (C=O) groups is 2. The zero-order valence-electron chi connectivity index (χ0n) is 38.0. The molecule has 2 heterocycles. The van der Waals surface area contributed by atoms with Crippen LogP contribution in [-0.2, 0) is 61.7 Å². The molecule has 1 spiro atoms. The number of rotatable bonds is 12. The molecule has 2 aliphatic heterocycles. The third kappa shape index (κ3) is 13.4. The van der Waals surface area contributed by atoms with Gasteiger partial charge < -0.3 is 43.7 Å². The van der Waals surface area contributed by atoms with Crippen molar-refractivity contribution < 1.29 is 53.3 Å². The maximum atomic E-state index is 12.7. The Labute approximate surface area is 357 Å². The lowest BCUT2D eigenvalue weighted by Gasteiger charge is -2.48. The molecule has 11 nitrogen and oxygen atoms in total. The number of hydrogen-bond acceptors (Lipinski definition) is 11. The fourth-order valence-electron chi connectivity index (χ4n) is 7.13. The van der Waals surface area contributed by atoms with E-state index in [1.807, 2.05) is 71.9 Å². The fourth-order valence-corrected chi connectivity index (χ4v) is 7.13. The lowest BCUT2D eigenvalue weighted by Crippen LogP contribution is -2.57. The van der Waals surface area contributed by atoms with Gasteiger partial charge in [0.05, 0.1) is 31.8 Å². The first-order chi connectivity index (χ1) is 27.8. The molecule has 332 valence electrons. The number of ether oxygens (including phenoxy) is 6. The van der Waals surface area contributed by atoms with Gasteiger partial charge in [-0.05, 0) is 83.0 Å². The minimum absolute atomic E-state index is 0.139. The van der Waals surface area contributed by atoms with Gasteiger partial charge in [-0.2, -0.15) is 0 Å². The van der Waals surface area contributed by atoms with Crippen LogP contribution in [0, 0.1) is 30.1 Å². The Morgan fingerprint density at radius 1 is 0.600 bits per heavy atom. The predicted octanol–water partition coefficient (Wildman–Crippen LogP) is 9.14. The molecule has 2 aliphatic rings. The number of aryl methyl sites for hydroxylation is 4. The summed E-state index contributed by atoms with van der Waals surface area (Å²) >= 11 is 0. The van der Waals surface area contributed by atoms with Crippen molar-refractivity contribution in [1.82, 2.24) is 0 Å². The minimum Gasteiger partial charge on any atom is -0.508 e. The normalized spacial score (nSPS) is 19.9. The van der Waals surface area contributed by atoms with Gasteiger partial charge >= 0.3 is 11.9 Å². The Bertz CT molecular complexity index is 1760. The van der Waals surface area contributed by atoms with Crippen molar-refractivity contribution in [3.05, 3.63) is 88.0 Å². The molecule has 0 bridgehead atoms. The summed E-state index contributed by atoms with van der Waals surface area (Å²) in [4.78, 5) is 25.5. The molecule has 0 atom stereocenters. The van der Waals surface area contributed by atoms with E-state index in [1.54, 1.807) is 24.3 Å². The Balaban J connectivity index is 0.00000102. The van der Waals surface area contributed by atoms with E-state index in [0.717, 1.165) is 33.4 Å². The number of carbonyl (C=O) groups excluding carboxylic acids is 2. The van der Waals surface area contributed by atoms with Gasteiger partial charge in [0.15, 0.2) is 12.6 Å². The van der Waals surface area contributed by atoms with E-state index in [-0.39, 0.29) is 48.8 Å². The van der Waals surface area contributed by atoms with Crippen molar-refractivity contribution >= 4 is 11.9 Å². The van der Waals surface area contributed by atoms with Gasteiger partial charge in [0.25, 0.3) is 0 Å². The molecule has 3 N–H and O–H groups in total. The van der Waals surface area contributed by atoms with Crippen molar-refractivity contribution in [2.24, 2.45) is 16.2 Å². The summed E-state index contributed by atoms with van der Waals surface area (Å²) in [6.45, 7) is 25.6. The molecule has 0 aliphatic carbocycles. The molecule has 3 aromatic rings. The van der Waals surface area contributed by atoms with Gasteiger partial charge in [0.2, 0.25) is 0 Å². The topological polar surface area (TPSA) is 150 Å². The van der Waals surface area contributed by atoms with Gasteiger partial charge in [0, 0.05) is 23.7 Å². The van der Waals surface area contributed by atoms with E-state index in [1.165, 1.54) is 0 Å². The Morgan fingerprint density at radius 2 is 0.950 bits per heavy atom. The van der Waals surface area contributed by atoms with E-state index in [0.29, 0.717) is 56.5 Å². The third-order valence-corrected chi connectivity index (χ3v) is 11.0. The molecule has 0 radical (unpaired) electrons. The highest BCUT2D eigenvalue weighted by atomic mass is 16.7. The number of benzene rings is 3. The molecule has 0 amide bonds. The van der Waals surface area contributed by atoms with Crippen LogP contribution in [0.1, 0.15) is 115 Å². The second kappa shape index (κ2) is 19.7. The van der Waals surface area contributed by atoms with Crippen molar-refractivity contribution in [1.29, 1.82) is 0 Å². The molecule has 11 heteroatoms. The van der Waals surface area contributed by atoms with Crippen LogP contribution >= 0.6 is 0 Å². The average molecular weight is 835 g/mol. The molecule has 5 rings (SSSR count). The number of phenolic OH excluding ortho intramolecular Hbond substituents is 3. The predicted molar refractivity (Wildman–Crippen MR) is 231 cm³/mol. The summed E-state index contributed by atoms with van der Waals surface area (Å²) in [6, 6.07) is 16.5. The molecule has 0 unspecified atom stereocenters. The molecule has 2 fully saturated rings. The van der Waals surface area contributed by atoms with Gasteiger partial charge in [-0.3, -0.25) is 9.59 Å². The molecule has 3 aromatic carbocycles. The van der Waals surface area contributed by atoms with Crippen molar-refractivity contribution in [3.63, 3.8) is 0 Å². The lowest BCUT2D eigenvalue weighted by molar-refractivity contribution is -0.337. The maximum absolute atomic E-state index is 12.7. The van der Waals surface area contributed by atoms with E-state index in [9.17, 15) is 19.8 Å². The summed E-state index contributed by atoms with van der Waals surface area (Å²) in [5.74, 6) is 0.324. The van der Waals surface area contributed by atoms with E-state index in [4.69, 9.17) is 33.5 Å². The van der Waals surface area contributed by atoms with E-state index >= 15 is 0 Å². The summed E-state index contributed by atoms with van der Waals surface area (Å²) < 4.78 is 36.1. The molecule has 0 aromatic heterocycles. The second-order valence-electron chi connectivity index (χ2n) is 20.2. The molecular formula is C49H70O11.